The summed E-state index contributed by atoms with van der Waals surface area (Å²) < 4.78 is 12.0. The number of carbonyl (C=O) groups excluding carboxylic acids is 1. The van der Waals surface area contributed by atoms with E-state index in [1.54, 1.807) is 17.8 Å². The molecule has 130 valence electrons. The van der Waals surface area contributed by atoms with Gasteiger partial charge in [-0.05, 0) is 37.6 Å². The first-order valence-electron chi connectivity index (χ1n) is 7.88. The Kier molecular flexibility index (Phi) is 5.20. The van der Waals surface area contributed by atoms with Crippen LogP contribution in [0.2, 0.25) is 0 Å². The van der Waals surface area contributed by atoms with E-state index in [0.29, 0.717) is 11.7 Å². The highest BCUT2D eigenvalue weighted by atomic mass is 16.5. The average molecular weight is 341 g/mol. The minimum Gasteiger partial charge on any atom is -0.362 e. The summed E-state index contributed by atoms with van der Waals surface area (Å²) in [5.74, 6) is 0.673. The molecular weight excluding hydrogens is 322 g/mol. The summed E-state index contributed by atoms with van der Waals surface area (Å²) >= 11 is 0. The van der Waals surface area contributed by atoms with Crippen LogP contribution in [-0.2, 0) is 16.1 Å². The van der Waals surface area contributed by atoms with Crippen molar-refractivity contribution in [2.24, 2.45) is 0 Å². The predicted octanol–water partition coefficient (Wildman–Crippen LogP) is 1.96. The number of ether oxygens (including phenoxy) is 1. The number of carbonyl (C=O) groups is 1. The van der Waals surface area contributed by atoms with Crippen molar-refractivity contribution >= 4 is 5.91 Å². The van der Waals surface area contributed by atoms with Gasteiger partial charge in [-0.2, -0.15) is 10.1 Å². The summed E-state index contributed by atoms with van der Waals surface area (Å²) in [5.41, 5.74) is 1.92. The van der Waals surface area contributed by atoms with E-state index in [2.05, 4.69) is 20.6 Å². The van der Waals surface area contributed by atoms with Crippen LogP contribution in [0, 0.1) is 6.92 Å². The maximum Gasteiger partial charge on any atom is 0.252 e. The van der Waals surface area contributed by atoms with Crippen molar-refractivity contribution in [1.82, 2.24) is 25.2 Å². The van der Waals surface area contributed by atoms with Gasteiger partial charge in [0.2, 0.25) is 5.91 Å². The van der Waals surface area contributed by atoms with Crippen LogP contribution < -0.4 is 5.32 Å². The molecule has 1 amide bonds. The van der Waals surface area contributed by atoms with E-state index in [4.69, 9.17) is 9.26 Å². The summed E-state index contributed by atoms with van der Waals surface area (Å²) in [5, 5.41) is 10.8. The molecule has 8 nitrogen and oxygen atoms in total. The van der Waals surface area contributed by atoms with Gasteiger partial charge in [-0.3, -0.25) is 4.79 Å². The zero-order chi connectivity index (χ0) is 17.6. The smallest absolute Gasteiger partial charge is 0.252 e. The van der Waals surface area contributed by atoms with Crippen molar-refractivity contribution in [2.45, 2.75) is 26.5 Å². The minimum absolute atomic E-state index is 0.0788. The van der Waals surface area contributed by atoms with Gasteiger partial charge in [-0.25, -0.2) is 4.68 Å². The summed E-state index contributed by atoms with van der Waals surface area (Å²) in [4.78, 5) is 16.0. The van der Waals surface area contributed by atoms with Crippen LogP contribution in [-0.4, -0.2) is 32.4 Å². The number of aromatic nitrogens is 4. The van der Waals surface area contributed by atoms with Crippen LogP contribution in [0.15, 0.2) is 47.2 Å². The van der Waals surface area contributed by atoms with Crippen molar-refractivity contribution in [2.75, 3.05) is 6.61 Å². The fraction of sp³-hybridized carbons (Fsp3) is 0.294. The van der Waals surface area contributed by atoms with Gasteiger partial charge in [0, 0.05) is 12.4 Å². The largest absolute Gasteiger partial charge is 0.362 e. The van der Waals surface area contributed by atoms with E-state index in [1.165, 1.54) is 0 Å². The fourth-order valence-electron chi connectivity index (χ4n) is 2.35. The first kappa shape index (κ1) is 16.8. The second kappa shape index (κ2) is 7.71. The van der Waals surface area contributed by atoms with Gasteiger partial charge >= 0.3 is 0 Å². The molecule has 1 N–H and O–H groups in total. The molecule has 0 fully saturated rings. The molecule has 1 unspecified atom stereocenters. The van der Waals surface area contributed by atoms with Crippen molar-refractivity contribution in [3.05, 3.63) is 60.0 Å². The van der Waals surface area contributed by atoms with Crippen molar-refractivity contribution in [3.8, 4) is 5.69 Å². The Bertz CT molecular complexity index is 828. The third-order valence-electron chi connectivity index (χ3n) is 3.54. The molecule has 2 heterocycles. The highest BCUT2D eigenvalue weighted by Crippen LogP contribution is 2.16. The number of amides is 1. The summed E-state index contributed by atoms with van der Waals surface area (Å²) in [6, 6.07) is 9.54. The van der Waals surface area contributed by atoms with Crippen molar-refractivity contribution in [3.63, 3.8) is 0 Å². The van der Waals surface area contributed by atoms with E-state index >= 15 is 0 Å². The second-order valence-electron chi connectivity index (χ2n) is 5.56. The van der Waals surface area contributed by atoms with Gasteiger partial charge in [-0.15, -0.1) is 0 Å². The number of hydrogen-bond donors (Lipinski definition) is 1. The van der Waals surface area contributed by atoms with E-state index < -0.39 is 0 Å². The van der Waals surface area contributed by atoms with Gasteiger partial charge in [0.15, 0.2) is 5.82 Å². The minimum atomic E-state index is -0.215. The molecule has 0 bridgehead atoms. The molecule has 1 atom stereocenters. The van der Waals surface area contributed by atoms with Gasteiger partial charge in [-0.1, -0.05) is 17.3 Å². The van der Waals surface area contributed by atoms with Gasteiger partial charge < -0.3 is 14.6 Å². The van der Waals surface area contributed by atoms with Crippen molar-refractivity contribution < 1.29 is 14.1 Å². The highest BCUT2D eigenvalue weighted by molar-refractivity contribution is 5.77. The Morgan fingerprint density at radius 3 is 3.00 bits per heavy atom. The molecule has 3 aromatic rings. The lowest BCUT2D eigenvalue weighted by Gasteiger charge is -2.15. The predicted molar refractivity (Wildman–Crippen MR) is 88.8 cm³/mol. The number of benzene rings is 1. The topological polar surface area (TPSA) is 95.1 Å². The quantitative estimate of drug-likeness (QED) is 0.706. The second-order valence-corrected chi connectivity index (χ2v) is 5.56. The van der Waals surface area contributed by atoms with Crippen LogP contribution >= 0.6 is 0 Å². The zero-order valence-corrected chi connectivity index (χ0v) is 14.0. The molecule has 3 rings (SSSR count). The third-order valence-corrected chi connectivity index (χ3v) is 3.54. The Balaban J connectivity index is 1.52. The standard InChI is InChI=1S/C17H19N5O3/c1-12(14-5-3-6-15(9-14)22-8-4-7-18-22)19-16(23)10-24-11-17-20-13(2)21-25-17/h3-9,12H,10-11H2,1-2H3,(H,19,23). The van der Waals surface area contributed by atoms with Gasteiger partial charge in [0.1, 0.15) is 13.2 Å². The van der Waals surface area contributed by atoms with E-state index in [0.717, 1.165) is 11.3 Å². The van der Waals surface area contributed by atoms with Gasteiger partial charge in [0.05, 0.1) is 11.7 Å². The molecule has 0 aliphatic heterocycles. The zero-order valence-electron chi connectivity index (χ0n) is 14.0. The molecule has 0 radical (unpaired) electrons. The molecule has 0 saturated carbocycles. The monoisotopic (exact) mass is 341 g/mol. The number of aryl methyl sites for hydroxylation is 1. The maximum absolute atomic E-state index is 12.0. The van der Waals surface area contributed by atoms with E-state index in [1.807, 2.05) is 43.5 Å². The molecule has 0 aliphatic carbocycles. The number of rotatable bonds is 7. The van der Waals surface area contributed by atoms with Crippen LogP contribution in [0.1, 0.15) is 30.2 Å². The molecule has 2 aromatic heterocycles. The van der Waals surface area contributed by atoms with Gasteiger partial charge in [0.25, 0.3) is 5.89 Å². The van der Waals surface area contributed by atoms with Crippen LogP contribution in [0.4, 0.5) is 0 Å². The molecule has 1 aromatic carbocycles. The van der Waals surface area contributed by atoms with Crippen molar-refractivity contribution in [1.29, 1.82) is 0 Å². The van der Waals surface area contributed by atoms with Crippen LogP contribution in [0.5, 0.6) is 0 Å². The Morgan fingerprint density at radius 1 is 1.40 bits per heavy atom. The third kappa shape index (κ3) is 4.51. The lowest BCUT2D eigenvalue weighted by Crippen LogP contribution is -2.30. The normalized spacial score (nSPS) is 12.1. The molecule has 25 heavy (non-hydrogen) atoms. The average Bonchev–Trinajstić information content (AvgIpc) is 3.27. The first-order valence-corrected chi connectivity index (χ1v) is 7.88. The SMILES string of the molecule is Cc1noc(COCC(=O)NC(C)c2cccc(-n3cccn3)c2)n1. The Hall–Kier alpha value is -3.00. The summed E-state index contributed by atoms with van der Waals surface area (Å²) in [6.07, 6.45) is 3.59. The van der Waals surface area contributed by atoms with E-state index in [-0.39, 0.29) is 25.2 Å². The highest BCUT2D eigenvalue weighted by Gasteiger charge is 2.11. The maximum atomic E-state index is 12.0. The number of nitrogens with zero attached hydrogens (tertiary/aromatic N) is 4. The molecule has 0 saturated heterocycles. The number of hydrogen-bond acceptors (Lipinski definition) is 6. The first-order chi connectivity index (χ1) is 12.1. The van der Waals surface area contributed by atoms with Crippen LogP contribution in [0.3, 0.4) is 0 Å². The fourth-order valence-corrected chi connectivity index (χ4v) is 2.35. The molecular formula is C17H19N5O3. The lowest BCUT2D eigenvalue weighted by atomic mass is 10.1. The summed E-state index contributed by atoms with van der Waals surface area (Å²) in [7, 11) is 0. The van der Waals surface area contributed by atoms with E-state index in [9.17, 15) is 4.79 Å². The Morgan fingerprint density at radius 2 is 2.28 bits per heavy atom. The molecule has 8 heteroatoms. The van der Waals surface area contributed by atoms with Crippen LogP contribution in [0.25, 0.3) is 5.69 Å². The summed E-state index contributed by atoms with van der Waals surface area (Å²) in [6.45, 7) is 3.67. The molecule has 0 spiro atoms. The number of nitrogens with one attached hydrogen (secondary N) is 1. The Labute approximate surface area is 144 Å². The molecule has 0 aliphatic rings. The lowest BCUT2D eigenvalue weighted by molar-refractivity contribution is -0.127.